The summed E-state index contributed by atoms with van der Waals surface area (Å²) in [7, 11) is 0. The number of aromatic nitrogens is 3. The number of carbonyl (C=O) groups excluding carboxylic acids is 1. The molecule has 0 unspecified atom stereocenters. The largest absolute Gasteiger partial charge is 0.390 e. The summed E-state index contributed by atoms with van der Waals surface area (Å²) in [5.74, 6) is 0.624. The number of carbonyl (C=O) groups is 1. The van der Waals surface area contributed by atoms with Crippen LogP contribution in [0.4, 0.5) is 4.79 Å². The Balaban J connectivity index is 1.41. The zero-order valence-corrected chi connectivity index (χ0v) is 14.0. The molecule has 7 heteroatoms. The van der Waals surface area contributed by atoms with Gasteiger partial charge in [0.25, 0.3) is 0 Å². The lowest BCUT2D eigenvalue weighted by Crippen LogP contribution is -2.40. The fourth-order valence-corrected chi connectivity index (χ4v) is 3.28. The highest BCUT2D eigenvalue weighted by atomic mass is 16.3. The first-order chi connectivity index (χ1) is 12.7. The first-order valence-corrected chi connectivity index (χ1v) is 8.47. The number of rotatable bonds is 4. The maximum atomic E-state index is 12.3. The predicted octanol–water partition coefficient (Wildman–Crippen LogP) is 1.72. The molecule has 0 fully saturated rings. The van der Waals surface area contributed by atoms with Gasteiger partial charge in [0.2, 0.25) is 0 Å². The van der Waals surface area contributed by atoms with Crippen molar-refractivity contribution in [3.63, 3.8) is 0 Å². The fraction of sp³-hybridized carbons (Fsp3) is 0.211. The average molecular weight is 349 g/mol. The van der Waals surface area contributed by atoms with Crippen LogP contribution < -0.4 is 10.6 Å². The Morgan fingerprint density at radius 2 is 1.92 bits per heavy atom. The van der Waals surface area contributed by atoms with Crippen LogP contribution in [0, 0.1) is 0 Å². The molecule has 0 saturated carbocycles. The second-order valence-corrected chi connectivity index (χ2v) is 6.23. The summed E-state index contributed by atoms with van der Waals surface area (Å²) in [6.07, 6.45) is 1.54. The van der Waals surface area contributed by atoms with E-state index in [1.54, 1.807) is 6.33 Å². The van der Waals surface area contributed by atoms with E-state index in [-0.39, 0.29) is 12.6 Å². The third-order valence-corrected chi connectivity index (χ3v) is 4.55. The minimum atomic E-state index is -0.619. The molecule has 3 N–H and O–H groups in total. The molecule has 0 aliphatic heterocycles. The van der Waals surface area contributed by atoms with Gasteiger partial charge in [-0.15, -0.1) is 10.2 Å². The molecule has 1 aromatic heterocycles. The Morgan fingerprint density at radius 1 is 1.15 bits per heavy atom. The van der Waals surface area contributed by atoms with Crippen LogP contribution in [0.25, 0.3) is 5.69 Å². The van der Waals surface area contributed by atoms with Crippen LogP contribution in [0.1, 0.15) is 23.0 Å². The lowest BCUT2D eigenvalue weighted by atomic mass is 10.1. The smallest absolute Gasteiger partial charge is 0.315 e. The molecule has 2 amide bonds. The number of benzene rings is 2. The first-order valence-electron chi connectivity index (χ1n) is 8.47. The SMILES string of the molecule is O=C(NCc1nncn1-c1ccccc1)N[C@@H]1c2ccccc2C[C@@H]1O. The normalized spacial score (nSPS) is 18.3. The van der Waals surface area contributed by atoms with Crippen LogP contribution in [0.15, 0.2) is 60.9 Å². The number of aliphatic hydroxyl groups is 1. The zero-order valence-electron chi connectivity index (χ0n) is 14.0. The van der Waals surface area contributed by atoms with Crippen LogP contribution >= 0.6 is 0 Å². The van der Waals surface area contributed by atoms with Crippen LogP contribution in [0.3, 0.4) is 0 Å². The van der Waals surface area contributed by atoms with E-state index in [4.69, 9.17) is 0 Å². The molecule has 132 valence electrons. The van der Waals surface area contributed by atoms with Crippen LogP contribution in [0.2, 0.25) is 0 Å². The van der Waals surface area contributed by atoms with Gasteiger partial charge in [0.05, 0.1) is 18.7 Å². The van der Waals surface area contributed by atoms with E-state index in [0.717, 1.165) is 16.8 Å². The third kappa shape index (κ3) is 3.16. The Kier molecular flexibility index (Phi) is 4.37. The molecular weight excluding hydrogens is 330 g/mol. The Labute approximate surface area is 150 Å². The Hall–Kier alpha value is -3.19. The number of hydrogen-bond acceptors (Lipinski definition) is 4. The molecule has 0 radical (unpaired) electrons. The molecule has 26 heavy (non-hydrogen) atoms. The van der Waals surface area contributed by atoms with Crippen molar-refractivity contribution in [3.8, 4) is 5.69 Å². The Morgan fingerprint density at radius 3 is 2.77 bits per heavy atom. The van der Waals surface area contributed by atoms with Gasteiger partial charge < -0.3 is 15.7 Å². The van der Waals surface area contributed by atoms with E-state index in [1.807, 2.05) is 59.2 Å². The zero-order chi connectivity index (χ0) is 17.9. The van der Waals surface area contributed by atoms with Crippen molar-refractivity contribution in [2.75, 3.05) is 0 Å². The molecule has 1 heterocycles. The van der Waals surface area contributed by atoms with Gasteiger partial charge >= 0.3 is 6.03 Å². The standard InChI is InChI=1S/C19H19N5O2/c25-16-10-13-6-4-5-9-15(13)18(16)22-19(26)20-11-17-23-21-12-24(17)14-7-2-1-3-8-14/h1-9,12,16,18,25H,10-11H2,(H2,20,22,26)/t16-,18+/m0/s1. The second-order valence-electron chi connectivity index (χ2n) is 6.23. The summed E-state index contributed by atoms with van der Waals surface area (Å²) in [5.41, 5.74) is 2.95. The predicted molar refractivity (Wildman–Crippen MR) is 95.6 cm³/mol. The molecule has 2 atom stereocenters. The topological polar surface area (TPSA) is 92.1 Å². The van der Waals surface area contributed by atoms with Crippen molar-refractivity contribution in [3.05, 3.63) is 77.9 Å². The number of fused-ring (bicyclic) bond motifs is 1. The monoisotopic (exact) mass is 349 g/mol. The van der Waals surface area contributed by atoms with E-state index >= 15 is 0 Å². The van der Waals surface area contributed by atoms with E-state index < -0.39 is 12.1 Å². The lowest BCUT2D eigenvalue weighted by Gasteiger charge is -2.18. The van der Waals surface area contributed by atoms with Crippen LogP contribution in [-0.4, -0.2) is 32.0 Å². The average Bonchev–Trinajstić information content (AvgIpc) is 3.25. The number of hydrogen-bond donors (Lipinski definition) is 3. The lowest BCUT2D eigenvalue weighted by molar-refractivity contribution is 0.142. The third-order valence-electron chi connectivity index (χ3n) is 4.55. The van der Waals surface area contributed by atoms with Gasteiger partial charge in [0.1, 0.15) is 6.33 Å². The van der Waals surface area contributed by atoms with Gasteiger partial charge in [-0.3, -0.25) is 4.57 Å². The molecule has 0 spiro atoms. The quantitative estimate of drug-likeness (QED) is 0.669. The summed E-state index contributed by atoms with van der Waals surface area (Å²) in [4.78, 5) is 12.3. The fourth-order valence-electron chi connectivity index (χ4n) is 3.28. The molecule has 2 aromatic carbocycles. The van der Waals surface area contributed by atoms with Crippen molar-refractivity contribution in [1.29, 1.82) is 0 Å². The number of nitrogens with one attached hydrogen (secondary N) is 2. The molecule has 7 nitrogen and oxygen atoms in total. The minimum absolute atomic E-state index is 0.227. The van der Waals surface area contributed by atoms with Crippen molar-refractivity contribution >= 4 is 6.03 Å². The van der Waals surface area contributed by atoms with Gasteiger partial charge in [-0.05, 0) is 23.3 Å². The molecule has 0 saturated heterocycles. The van der Waals surface area contributed by atoms with Crippen molar-refractivity contribution in [2.45, 2.75) is 25.1 Å². The summed E-state index contributed by atoms with van der Waals surface area (Å²) < 4.78 is 1.82. The molecule has 1 aliphatic carbocycles. The van der Waals surface area contributed by atoms with E-state index in [9.17, 15) is 9.90 Å². The van der Waals surface area contributed by atoms with Gasteiger partial charge in [-0.1, -0.05) is 42.5 Å². The Bertz CT molecular complexity index is 909. The highest BCUT2D eigenvalue weighted by Gasteiger charge is 2.31. The molecular formula is C19H19N5O2. The number of amides is 2. The maximum absolute atomic E-state index is 12.3. The number of urea groups is 1. The highest BCUT2D eigenvalue weighted by molar-refractivity contribution is 5.74. The van der Waals surface area contributed by atoms with Gasteiger partial charge in [0, 0.05) is 12.1 Å². The molecule has 0 bridgehead atoms. The van der Waals surface area contributed by atoms with E-state index in [1.165, 1.54) is 0 Å². The number of aliphatic hydroxyl groups excluding tert-OH is 1. The number of nitrogens with zero attached hydrogens (tertiary/aromatic N) is 3. The van der Waals surface area contributed by atoms with Crippen LogP contribution in [-0.2, 0) is 13.0 Å². The van der Waals surface area contributed by atoms with Gasteiger partial charge in [0.15, 0.2) is 5.82 Å². The van der Waals surface area contributed by atoms with E-state index in [2.05, 4.69) is 20.8 Å². The van der Waals surface area contributed by atoms with E-state index in [0.29, 0.717) is 12.2 Å². The van der Waals surface area contributed by atoms with Crippen molar-refractivity contribution in [2.24, 2.45) is 0 Å². The maximum Gasteiger partial charge on any atom is 0.315 e. The van der Waals surface area contributed by atoms with Gasteiger partial charge in [-0.25, -0.2) is 4.79 Å². The summed E-state index contributed by atoms with van der Waals surface area (Å²) in [6, 6.07) is 16.7. The van der Waals surface area contributed by atoms with Crippen LogP contribution in [0.5, 0.6) is 0 Å². The van der Waals surface area contributed by atoms with Gasteiger partial charge in [-0.2, -0.15) is 0 Å². The van der Waals surface area contributed by atoms with Crippen molar-refractivity contribution < 1.29 is 9.90 Å². The summed E-state index contributed by atoms with van der Waals surface area (Å²) in [5, 5.41) is 23.9. The highest BCUT2D eigenvalue weighted by Crippen LogP contribution is 2.31. The minimum Gasteiger partial charge on any atom is -0.390 e. The summed E-state index contributed by atoms with van der Waals surface area (Å²) >= 11 is 0. The first kappa shape index (κ1) is 16.3. The molecule has 4 rings (SSSR count). The summed E-state index contributed by atoms with van der Waals surface area (Å²) in [6.45, 7) is 0.227. The van der Waals surface area contributed by atoms with Crippen molar-refractivity contribution in [1.82, 2.24) is 25.4 Å². The second kappa shape index (κ2) is 6.97. The molecule has 3 aromatic rings. The molecule has 1 aliphatic rings. The number of para-hydroxylation sites is 1.